The quantitative estimate of drug-likeness (QED) is 0.150. The molecule has 0 aliphatic heterocycles. The molecule has 264 valence electrons. The molecule has 1 nitrogen and oxygen atoms in total. The van der Waals surface area contributed by atoms with Gasteiger partial charge in [-0.25, -0.2) is 0 Å². The lowest BCUT2D eigenvalue weighted by Gasteiger charge is -2.26. The van der Waals surface area contributed by atoms with E-state index < -0.39 is 0 Å². The molecule has 2 heteroatoms. The molecule has 0 aliphatic carbocycles. The number of nitrogens with zero attached hydrogens (tertiary/aromatic N) is 1. The molecular formula is C54H37NS. The maximum atomic E-state index is 2.35. The first-order valence-corrected chi connectivity index (χ1v) is 19.9. The monoisotopic (exact) mass is 731 g/mol. The topological polar surface area (TPSA) is 3.24 Å². The van der Waals surface area contributed by atoms with Crippen LogP contribution in [0.3, 0.4) is 0 Å². The smallest absolute Gasteiger partial charge is 0.0462 e. The lowest BCUT2D eigenvalue weighted by Crippen LogP contribution is -2.09. The summed E-state index contributed by atoms with van der Waals surface area (Å²) in [6.07, 6.45) is 0. The van der Waals surface area contributed by atoms with Crippen LogP contribution in [0.4, 0.5) is 17.1 Å². The Bertz CT molecular complexity index is 2810. The van der Waals surface area contributed by atoms with E-state index in [4.69, 9.17) is 0 Å². The van der Waals surface area contributed by atoms with Crippen LogP contribution in [0.25, 0.3) is 75.8 Å². The second kappa shape index (κ2) is 14.7. The second-order valence-corrected chi connectivity index (χ2v) is 15.3. The highest BCUT2D eigenvalue weighted by atomic mass is 32.1. The fourth-order valence-electron chi connectivity index (χ4n) is 7.74. The minimum absolute atomic E-state index is 1.11. The van der Waals surface area contributed by atoms with Gasteiger partial charge in [-0.15, -0.1) is 11.3 Å². The van der Waals surface area contributed by atoms with Crippen molar-refractivity contribution < 1.29 is 0 Å². The molecule has 0 spiro atoms. The minimum Gasteiger partial charge on any atom is -0.311 e. The Kier molecular flexibility index (Phi) is 8.79. The van der Waals surface area contributed by atoms with Crippen LogP contribution in [0.1, 0.15) is 0 Å². The summed E-state index contributed by atoms with van der Waals surface area (Å²) in [5, 5.41) is 2.64. The Balaban J connectivity index is 0.930. The molecule has 10 rings (SSSR count). The molecule has 1 aromatic heterocycles. The van der Waals surface area contributed by atoms with Gasteiger partial charge in [-0.05, 0) is 104 Å². The predicted molar refractivity (Wildman–Crippen MR) is 241 cm³/mol. The largest absolute Gasteiger partial charge is 0.311 e. The Morgan fingerprint density at radius 1 is 0.232 bits per heavy atom. The van der Waals surface area contributed by atoms with Crippen molar-refractivity contribution in [1.29, 1.82) is 0 Å². The highest BCUT2D eigenvalue weighted by Crippen LogP contribution is 2.40. The fraction of sp³-hybridized carbons (Fsp3) is 0. The average molecular weight is 732 g/mol. The minimum atomic E-state index is 1.11. The number of rotatable bonds is 8. The predicted octanol–water partition coefficient (Wildman–Crippen LogP) is 15.9. The van der Waals surface area contributed by atoms with E-state index in [2.05, 4.69) is 229 Å². The van der Waals surface area contributed by atoms with Crippen molar-refractivity contribution in [3.05, 3.63) is 224 Å². The molecule has 0 bridgehead atoms. The molecule has 56 heavy (non-hydrogen) atoms. The van der Waals surface area contributed by atoms with Gasteiger partial charge in [0.1, 0.15) is 0 Å². The number of hydrogen-bond acceptors (Lipinski definition) is 2. The molecule has 0 atom stereocenters. The number of hydrogen-bond donors (Lipinski definition) is 0. The van der Waals surface area contributed by atoms with Gasteiger partial charge in [0.2, 0.25) is 0 Å². The third-order valence-corrected chi connectivity index (χ3v) is 11.8. The summed E-state index contributed by atoms with van der Waals surface area (Å²) < 4.78 is 2.64. The summed E-state index contributed by atoms with van der Waals surface area (Å²) in [5.74, 6) is 0. The SMILES string of the molecule is c1ccc(-c2ccc(N(c3ccc(-c4ccccc4)cc3)c3ccc(-c4ccc(-c5ccc6c(c5)sc5cc(-c7ccccc7)ccc56)cc4)cc3)cc2)cc1. The maximum absolute atomic E-state index is 2.35. The molecule has 0 aliphatic rings. The number of fused-ring (bicyclic) bond motifs is 3. The molecule has 0 unspecified atom stereocenters. The van der Waals surface area contributed by atoms with Crippen LogP contribution in [0.15, 0.2) is 224 Å². The van der Waals surface area contributed by atoms with E-state index in [1.54, 1.807) is 0 Å². The molecule has 0 radical (unpaired) electrons. The number of anilines is 3. The summed E-state index contributed by atoms with van der Waals surface area (Å²) in [7, 11) is 0. The lowest BCUT2D eigenvalue weighted by atomic mass is 9.99. The highest BCUT2D eigenvalue weighted by Gasteiger charge is 2.14. The first-order valence-electron chi connectivity index (χ1n) is 19.1. The van der Waals surface area contributed by atoms with E-state index in [1.165, 1.54) is 75.8 Å². The van der Waals surface area contributed by atoms with E-state index >= 15 is 0 Å². The van der Waals surface area contributed by atoms with Gasteiger partial charge in [-0.3, -0.25) is 0 Å². The van der Waals surface area contributed by atoms with Gasteiger partial charge < -0.3 is 4.90 Å². The molecular weight excluding hydrogens is 695 g/mol. The van der Waals surface area contributed by atoms with Crippen LogP contribution in [0.5, 0.6) is 0 Å². The first kappa shape index (κ1) is 33.6. The van der Waals surface area contributed by atoms with Crippen LogP contribution in [-0.4, -0.2) is 0 Å². The molecule has 0 amide bonds. The average Bonchev–Trinajstić information content (AvgIpc) is 3.65. The standard InChI is InChI=1S/C54H37NS/c1-4-10-38(11-5-1)42-20-28-48(29-21-42)55(49-30-22-43(23-31-49)39-12-6-2-7-13-39)50-32-24-44(25-33-50)41-16-18-45(19-17-41)47-27-35-52-51-34-26-46(40-14-8-3-9-15-40)36-53(51)56-54(52)37-47/h1-37H. The van der Waals surface area contributed by atoms with Crippen LogP contribution in [0.2, 0.25) is 0 Å². The number of benzene rings is 9. The van der Waals surface area contributed by atoms with Crippen molar-refractivity contribution >= 4 is 48.6 Å². The van der Waals surface area contributed by atoms with Crippen molar-refractivity contribution in [1.82, 2.24) is 0 Å². The van der Waals surface area contributed by atoms with E-state index in [0.29, 0.717) is 0 Å². The van der Waals surface area contributed by atoms with E-state index in [9.17, 15) is 0 Å². The fourth-order valence-corrected chi connectivity index (χ4v) is 8.92. The second-order valence-electron chi connectivity index (χ2n) is 14.2. The summed E-state index contributed by atoms with van der Waals surface area (Å²) in [4.78, 5) is 2.34. The summed E-state index contributed by atoms with van der Waals surface area (Å²) in [5.41, 5.74) is 15.5. The zero-order valence-corrected chi connectivity index (χ0v) is 31.5. The van der Waals surface area contributed by atoms with Gasteiger partial charge in [-0.2, -0.15) is 0 Å². The first-order chi connectivity index (χ1) is 27.7. The molecule has 9 aromatic carbocycles. The molecule has 1 heterocycles. The normalized spacial score (nSPS) is 11.2. The van der Waals surface area contributed by atoms with Gasteiger partial charge in [0.25, 0.3) is 0 Å². The third-order valence-electron chi connectivity index (χ3n) is 10.7. The lowest BCUT2D eigenvalue weighted by molar-refractivity contribution is 1.28. The van der Waals surface area contributed by atoms with Crippen LogP contribution in [0, 0.1) is 0 Å². The van der Waals surface area contributed by atoms with Gasteiger partial charge >= 0.3 is 0 Å². The molecule has 0 fully saturated rings. The van der Waals surface area contributed by atoms with Crippen LogP contribution in [-0.2, 0) is 0 Å². The van der Waals surface area contributed by atoms with Gasteiger partial charge in [0.05, 0.1) is 0 Å². The Morgan fingerprint density at radius 2 is 0.482 bits per heavy atom. The van der Waals surface area contributed by atoms with Crippen LogP contribution >= 0.6 is 11.3 Å². The van der Waals surface area contributed by atoms with E-state index in [-0.39, 0.29) is 0 Å². The van der Waals surface area contributed by atoms with Crippen molar-refractivity contribution in [2.45, 2.75) is 0 Å². The molecule has 0 saturated heterocycles. The van der Waals surface area contributed by atoms with Crippen molar-refractivity contribution in [2.24, 2.45) is 0 Å². The zero-order valence-electron chi connectivity index (χ0n) is 30.7. The summed E-state index contributed by atoms with van der Waals surface area (Å²) >= 11 is 1.87. The summed E-state index contributed by atoms with van der Waals surface area (Å²) in [6, 6.07) is 81.2. The van der Waals surface area contributed by atoms with E-state index in [0.717, 1.165) is 17.1 Å². The maximum Gasteiger partial charge on any atom is 0.0462 e. The highest BCUT2D eigenvalue weighted by molar-refractivity contribution is 7.25. The molecule has 10 aromatic rings. The van der Waals surface area contributed by atoms with Crippen LogP contribution < -0.4 is 4.90 Å². The van der Waals surface area contributed by atoms with Crippen molar-refractivity contribution in [3.8, 4) is 55.6 Å². The van der Waals surface area contributed by atoms with Crippen molar-refractivity contribution in [2.75, 3.05) is 4.90 Å². The Morgan fingerprint density at radius 3 is 0.821 bits per heavy atom. The van der Waals surface area contributed by atoms with E-state index in [1.807, 2.05) is 11.3 Å². The Hall–Kier alpha value is -7.00. The van der Waals surface area contributed by atoms with Gasteiger partial charge in [0.15, 0.2) is 0 Å². The number of thiophene rings is 1. The molecule has 0 saturated carbocycles. The van der Waals surface area contributed by atoms with Crippen molar-refractivity contribution in [3.63, 3.8) is 0 Å². The third kappa shape index (κ3) is 6.57. The Labute approximate surface area is 332 Å². The zero-order chi connectivity index (χ0) is 37.3. The molecule has 0 N–H and O–H groups in total. The van der Waals surface area contributed by atoms with Gasteiger partial charge in [-0.1, -0.05) is 176 Å². The summed E-state index contributed by atoms with van der Waals surface area (Å²) in [6.45, 7) is 0. The van der Waals surface area contributed by atoms with Gasteiger partial charge in [0, 0.05) is 37.2 Å².